The molecule has 0 bridgehead atoms. The minimum atomic E-state index is 0.431. The van der Waals surface area contributed by atoms with Crippen molar-refractivity contribution in [1.29, 1.82) is 0 Å². The quantitative estimate of drug-likeness (QED) is 0.659. The second-order valence-corrected chi connectivity index (χ2v) is 3.96. The van der Waals surface area contributed by atoms with Crippen molar-refractivity contribution in [1.82, 2.24) is 0 Å². The number of rotatable bonds is 4. The third kappa shape index (κ3) is 3.13. The molecule has 0 spiro atoms. The maximum atomic E-state index is 5.22. The third-order valence-corrected chi connectivity index (χ3v) is 2.73. The third-order valence-electron chi connectivity index (χ3n) is 2.73. The topological polar surface area (TPSA) is 60.8 Å². The molecular formula is C14H16N2O2. The molecule has 0 aliphatic rings. The van der Waals surface area contributed by atoms with E-state index in [1.807, 2.05) is 24.3 Å². The van der Waals surface area contributed by atoms with Gasteiger partial charge < -0.3 is 15.0 Å². The van der Waals surface area contributed by atoms with Crippen molar-refractivity contribution in [2.24, 2.45) is 10.9 Å². The van der Waals surface area contributed by atoms with Gasteiger partial charge in [0.1, 0.15) is 5.75 Å². The van der Waals surface area contributed by atoms with E-state index in [1.54, 1.807) is 19.4 Å². The van der Waals surface area contributed by atoms with Gasteiger partial charge in [0, 0.05) is 6.07 Å². The SMILES string of the molecule is COc1cccc(CCc2ccc(=NN)oc2)c1. The fourth-order valence-electron chi connectivity index (χ4n) is 1.73. The molecule has 94 valence electrons. The van der Waals surface area contributed by atoms with E-state index in [0.717, 1.165) is 24.2 Å². The summed E-state index contributed by atoms with van der Waals surface area (Å²) < 4.78 is 10.4. The number of methoxy groups -OCH3 is 1. The zero-order valence-corrected chi connectivity index (χ0v) is 10.3. The minimum Gasteiger partial charge on any atom is -0.497 e. The molecule has 0 radical (unpaired) electrons. The van der Waals surface area contributed by atoms with E-state index in [-0.39, 0.29) is 0 Å². The Balaban J connectivity index is 2.01. The predicted octanol–water partition coefficient (Wildman–Crippen LogP) is 1.85. The summed E-state index contributed by atoms with van der Waals surface area (Å²) in [6.45, 7) is 0. The Labute approximate surface area is 106 Å². The number of nitrogens with two attached hydrogens (primary N) is 1. The maximum absolute atomic E-state index is 5.22. The predicted molar refractivity (Wildman–Crippen MR) is 68.9 cm³/mol. The highest BCUT2D eigenvalue weighted by Crippen LogP contribution is 2.14. The normalized spacial score (nSPS) is 11.5. The molecule has 2 aromatic rings. The van der Waals surface area contributed by atoms with E-state index < -0.39 is 0 Å². The number of benzene rings is 1. The van der Waals surface area contributed by atoms with Crippen molar-refractivity contribution in [3.63, 3.8) is 0 Å². The molecular weight excluding hydrogens is 228 g/mol. The van der Waals surface area contributed by atoms with Crippen LogP contribution in [-0.4, -0.2) is 7.11 Å². The zero-order chi connectivity index (χ0) is 12.8. The van der Waals surface area contributed by atoms with Gasteiger partial charge in [-0.25, -0.2) is 0 Å². The fourth-order valence-corrected chi connectivity index (χ4v) is 1.73. The van der Waals surface area contributed by atoms with Crippen LogP contribution in [0.5, 0.6) is 5.75 Å². The lowest BCUT2D eigenvalue weighted by Crippen LogP contribution is -2.04. The minimum absolute atomic E-state index is 0.431. The van der Waals surface area contributed by atoms with E-state index in [0.29, 0.717) is 5.55 Å². The summed E-state index contributed by atoms with van der Waals surface area (Å²) in [5.74, 6) is 6.00. The lowest BCUT2D eigenvalue weighted by Gasteiger charge is -2.04. The standard InChI is InChI=1S/C14H16N2O2/c1-17-13-4-2-3-11(9-13)5-6-12-7-8-14(16-15)18-10-12/h2-4,7-10H,5-6,15H2,1H3. The molecule has 0 aliphatic carbocycles. The highest BCUT2D eigenvalue weighted by Gasteiger charge is 1.98. The van der Waals surface area contributed by atoms with Gasteiger partial charge in [0.2, 0.25) is 5.55 Å². The van der Waals surface area contributed by atoms with Gasteiger partial charge in [-0.05, 0) is 36.1 Å². The summed E-state index contributed by atoms with van der Waals surface area (Å²) in [4.78, 5) is 0. The molecule has 0 atom stereocenters. The summed E-state index contributed by atoms with van der Waals surface area (Å²) in [7, 11) is 1.67. The first-order valence-electron chi connectivity index (χ1n) is 5.76. The molecule has 4 heteroatoms. The molecule has 18 heavy (non-hydrogen) atoms. The number of aryl methyl sites for hydroxylation is 2. The van der Waals surface area contributed by atoms with Crippen molar-refractivity contribution in [3.8, 4) is 5.75 Å². The van der Waals surface area contributed by atoms with Crippen molar-refractivity contribution >= 4 is 0 Å². The second kappa shape index (κ2) is 5.91. The first-order chi connectivity index (χ1) is 8.81. The van der Waals surface area contributed by atoms with Gasteiger partial charge in [-0.2, -0.15) is 0 Å². The molecule has 4 nitrogen and oxygen atoms in total. The molecule has 2 N–H and O–H groups in total. The van der Waals surface area contributed by atoms with Gasteiger partial charge in [-0.3, -0.25) is 0 Å². The second-order valence-electron chi connectivity index (χ2n) is 3.96. The Kier molecular flexibility index (Phi) is 4.02. The lowest BCUT2D eigenvalue weighted by molar-refractivity contribution is 0.414. The maximum Gasteiger partial charge on any atom is 0.235 e. The van der Waals surface area contributed by atoms with Gasteiger partial charge in [-0.15, -0.1) is 5.10 Å². The van der Waals surface area contributed by atoms with E-state index in [2.05, 4.69) is 11.2 Å². The molecule has 0 saturated carbocycles. The van der Waals surface area contributed by atoms with Gasteiger partial charge in [0.05, 0.1) is 13.4 Å². The Morgan fingerprint density at radius 3 is 2.67 bits per heavy atom. The highest BCUT2D eigenvalue weighted by atomic mass is 16.5. The van der Waals surface area contributed by atoms with Crippen LogP contribution in [-0.2, 0) is 12.8 Å². The van der Waals surface area contributed by atoms with Crippen LogP contribution in [0.1, 0.15) is 11.1 Å². The van der Waals surface area contributed by atoms with Crippen molar-refractivity contribution < 1.29 is 9.15 Å². The number of hydrogen-bond acceptors (Lipinski definition) is 4. The largest absolute Gasteiger partial charge is 0.497 e. The summed E-state index contributed by atoms with van der Waals surface area (Å²) in [5.41, 5.74) is 2.78. The van der Waals surface area contributed by atoms with Crippen LogP contribution < -0.4 is 16.1 Å². The highest BCUT2D eigenvalue weighted by molar-refractivity contribution is 5.29. The van der Waals surface area contributed by atoms with Crippen LogP contribution in [0.15, 0.2) is 52.2 Å². The lowest BCUT2D eigenvalue weighted by atomic mass is 10.1. The number of hydrogen-bond donors (Lipinski definition) is 1. The Bertz CT molecular complexity index is 556. The number of nitrogens with zero attached hydrogens (tertiary/aromatic N) is 1. The average Bonchev–Trinajstić information content (AvgIpc) is 2.46. The van der Waals surface area contributed by atoms with Crippen LogP contribution in [0.25, 0.3) is 0 Å². The molecule has 0 fully saturated rings. The first kappa shape index (κ1) is 12.2. The zero-order valence-electron chi connectivity index (χ0n) is 10.3. The van der Waals surface area contributed by atoms with Crippen LogP contribution in [0.4, 0.5) is 0 Å². The van der Waals surface area contributed by atoms with Crippen molar-refractivity contribution in [3.05, 3.63) is 59.3 Å². The van der Waals surface area contributed by atoms with Gasteiger partial charge in [0.15, 0.2) is 0 Å². The molecule has 1 heterocycles. The fraction of sp³-hybridized carbons (Fsp3) is 0.214. The Morgan fingerprint density at radius 1 is 1.17 bits per heavy atom. The van der Waals surface area contributed by atoms with Gasteiger partial charge >= 0.3 is 0 Å². The summed E-state index contributed by atoms with van der Waals surface area (Å²) in [6, 6.07) is 11.8. The molecule has 1 aromatic carbocycles. The summed E-state index contributed by atoms with van der Waals surface area (Å²) >= 11 is 0. The smallest absolute Gasteiger partial charge is 0.235 e. The van der Waals surface area contributed by atoms with Crippen LogP contribution in [0.3, 0.4) is 0 Å². The Morgan fingerprint density at radius 2 is 2.00 bits per heavy atom. The monoisotopic (exact) mass is 244 g/mol. The van der Waals surface area contributed by atoms with Crippen molar-refractivity contribution in [2.45, 2.75) is 12.8 Å². The molecule has 0 aliphatic heterocycles. The molecule has 2 rings (SSSR count). The summed E-state index contributed by atoms with van der Waals surface area (Å²) in [5, 5.41) is 3.47. The van der Waals surface area contributed by atoms with E-state index in [9.17, 15) is 0 Å². The average molecular weight is 244 g/mol. The van der Waals surface area contributed by atoms with Crippen molar-refractivity contribution in [2.75, 3.05) is 7.11 Å². The number of ether oxygens (including phenoxy) is 1. The molecule has 1 aromatic heterocycles. The first-order valence-corrected chi connectivity index (χ1v) is 5.76. The Hall–Kier alpha value is -2.23. The van der Waals surface area contributed by atoms with Gasteiger partial charge in [0.25, 0.3) is 0 Å². The van der Waals surface area contributed by atoms with Crippen LogP contribution in [0.2, 0.25) is 0 Å². The molecule has 0 amide bonds. The van der Waals surface area contributed by atoms with Crippen LogP contribution in [0, 0.1) is 0 Å². The van der Waals surface area contributed by atoms with Gasteiger partial charge in [-0.1, -0.05) is 18.2 Å². The van der Waals surface area contributed by atoms with E-state index in [1.165, 1.54) is 5.56 Å². The molecule has 0 unspecified atom stereocenters. The molecule has 0 saturated heterocycles. The van der Waals surface area contributed by atoms with E-state index in [4.69, 9.17) is 15.0 Å². The van der Waals surface area contributed by atoms with E-state index >= 15 is 0 Å². The summed E-state index contributed by atoms with van der Waals surface area (Å²) in [6.07, 6.45) is 3.53. The van der Waals surface area contributed by atoms with Crippen LogP contribution >= 0.6 is 0 Å².